The lowest BCUT2D eigenvalue weighted by Crippen LogP contribution is -2.02. The van der Waals surface area contributed by atoms with Crippen molar-refractivity contribution in [3.05, 3.63) is 53.2 Å². The molecular weight excluding hydrogens is 252 g/mol. The van der Waals surface area contributed by atoms with E-state index in [1.165, 1.54) is 40.8 Å². The van der Waals surface area contributed by atoms with E-state index in [1.807, 2.05) is 6.20 Å². The van der Waals surface area contributed by atoms with E-state index >= 15 is 0 Å². The number of nitrogens with two attached hydrogens (primary N) is 1. The summed E-state index contributed by atoms with van der Waals surface area (Å²) in [6, 6.07) is 11.0. The van der Waals surface area contributed by atoms with Gasteiger partial charge in [-0.3, -0.25) is 0 Å². The molecule has 0 radical (unpaired) electrons. The summed E-state index contributed by atoms with van der Waals surface area (Å²) < 4.78 is 0. The average molecular weight is 270 g/mol. The van der Waals surface area contributed by atoms with Crippen LogP contribution in [0.2, 0.25) is 0 Å². The van der Waals surface area contributed by atoms with Gasteiger partial charge in [-0.05, 0) is 67.1 Å². The molecule has 0 fully saturated rings. The molecule has 19 heavy (non-hydrogen) atoms. The lowest BCUT2D eigenvalue weighted by molar-refractivity contribution is 0.911. The lowest BCUT2D eigenvalue weighted by Gasteiger charge is -2.05. The molecular formula is C16H18N2S. The van der Waals surface area contributed by atoms with E-state index in [1.54, 1.807) is 11.8 Å². The minimum absolute atomic E-state index is 0.680. The summed E-state index contributed by atoms with van der Waals surface area (Å²) in [7, 11) is 0. The average Bonchev–Trinajstić information content (AvgIpc) is 2.89. The second kappa shape index (κ2) is 5.76. The van der Waals surface area contributed by atoms with Gasteiger partial charge in [-0.1, -0.05) is 23.9 Å². The van der Waals surface area contributed by atoms with Crippen LogP contribution < -0.4 is 5.73 Å². The molecule has 2 aromatic rings. The topological polar surface area (TPSA) is 38.9 Å². The minimum atomic E-state index is 0.680. The third kappa shape index (κ3) is 2.99. The molecule has 0 spiro atoms. The molecule has 2 nitrogen and oxygen atoms in total. The summed E-state index contributed by atoms with van der Waals surface area (Å²) >= 11 is 1.74. The number of aryl methyl sites for hydroxylation is 2. The highest BCUT2D eigenvalue weighted by Gasteiger charge is 2.11. The monoisotopic (exact) mass is 270 g/mol. The molecule has 2 N–H and O–H groups in total. The maximum Gasteiger partial charge on any atom is 0.101 e. The molecule has 0 saturated heterocycles. The second-order valence-electron chi connectivity index (χ2n) is 4.93. The molecule has 0 atom stereocenters. The predicted molar refractivity (Wildman–Crippen MR) is 79.6 cm³/mol. The maximum atomic E-state index is 5.54. The van der Waals surface area contributed by atoms with Crippen LogP contribution >= 0.6 is 11.8 Å². The van der Waals surface area contributed by atoms with E-state index in [0.717, 1.165) is 11.4 Å². The number of benzene rings is 1. The summed E-state index contributed by atoms with van der Waals surface area (Å²) in [6.45, 7) is 0.680. The summed E-state index contributed by atoms with van der Waals surface area (Å²) in [4.78, 5) is 5.78. The van der Waals surface area contributed by atoms with Crippen LogP contribution in [0.5, 0.6) is 0 Å². The SMILES string of the molecule is NCCc1ccc(Sc2ccc3c(c2)CCC3)nc1. The van der Waals surface area contributed by atoms with Crippen molar-refractivity contribution in [3.8, 4) is 0 Å². The molecule has 98 valence electrons. The molecule has 3 heteroatoms. The number of rotatable bonds is 4. The van der Waals surface area contributed by atoms with Crippen molar-refractivity contribution in [3.63, 3.8) is 0 Å². The number of nitrogens with zero attached hydrogens (tertiary/aromatic N) is 1. The van der Waals surface area contributed by atoms with Crippen LogP contribution in [0.1, 0.15) is 23.1 Å². The van der Waals surface area contributed by atoms with E-state index in [-0.39, 0.29) is 0 Å². The fraction of sp³-hybridized carbons (Fsp3) is 0.312. The van der Waals surface area contributed by atoms with Gasteiger partial charge < -0.3 is 5.73 Å². The molecule has 0 aliphatic heterocycles. The highest BCUT2D eigenvalue weighted by molar-refractivity contribution is 7.99. The van der Waals surface area contributed by atoms with Crippen LogP contribution in [-0.4, -0.2) is 11.5 Å². The van der Waals surface area contributed by atoms with E-state index in [2.05, 4.69) is 35.3 Å². The molecule has 0 amide bonds. The van der Waals surface area contributed by atoms with Gasteiger partial charge in [0.25, 0.3) is 0 Å². The Morgan fingerprint density at radius 2 is 2.00 bits per heavy atom. The fourth-order valence-electron chi connectivity index (χ4n) is 2.52. The standard InChI is InChI=1S/C16H18N2S/c17-9-8-12-4-7-16(18-11-12)19-15-6-5-13-2-1-3-14(13)10-15/h4-7,10-11H,1-3,8-9,17H2. The number of fused-ring (bicyclic) bond motifs is 1. The zero-order chi connectivity index (χ0) is 13.1. The van der Waals surface area contributed by atoms with E-state index in [4.69, 9.17) is 5.73 Å². The van der Waals surface area contributed by atoms with Crippen molar-refractivity contribution in [2.75, 3.05) is 6.54 Å². The van der Waals surface area contributed by atoms with Crippen molar-refractivity contribution < 1.29 is 0 Å². The largest absolute Gasteiger partial charge is 0.330 e. The third-order valence-electron chi connectivity index (χ3n) is 3.52. The first-order valence-electron chi connectivity index (χ1n) is 6.80. The van der Waals surface area contributed by atoms with E-state index in [0.29, 0.717) is 6.54 Å². The fourth-order valence-corrected chi connectivity index (χ4v) is 3.34. The van der Waals surface area contributed by atoms with Crippen LogP contribution in [0.15, 0.2) is 46.5 Å². The predicted octanol–water partition coefficient (Wildman–Crippen LogP) is 3.22. The molecule has 1 heterocycles. The summed E-state index contributed by atoms with van der Waals surface area (Å²) in [5.74, 6) is 0. The zero-order valence-electron chi connectivity index (χ0n) is 10.9. The highest BCUT2D eigenvalue weighted by Crippen LogP contribution is 2.31. The number of pyridine rings is 1. The van der Waals surface area contributed by atoms with Crippen LogP contribution in [0.25, 0.3) is 0 Å². The Labute approximate surface area is 118 Å². The van der Waals surface area contributed by atoms with Crippen LogP contribution in [0.4, 0.5) is 0 Å². The zero-order valence-corrected chi connectivity index (χ0v) is 11.7. The van der Waals surface area contributed by atoms with Gasteiger partial charge in [-0.15, -0.1) is 0 Å². The Morgan fingerprint density at radius 3 is 2.79 bits per heavy atom. The van der Waals surface area contributed by atoms with Crippen LogP contribution in [-0.2, 0) is 19.3 Å². The van der Waals surface area contributed by atoms with Gasteiger partial charge in [0, 0.05) is 11.1 Å². The normalized spacial score (nSPS) is 13.5. The van der Waals surface area contributed by atoms with Crippen molar-refractivity contribution in [2.24, 2.45) is 5.73 Å². The number of hydrogen-bond donors (Lipinski definition) is 1. The van der Waals surface area contributed by atoms with Crippen molar-refractivity contribution in [2.45, 2.75) is 35.6 Å². The van der Waals surface area contributed by atoms with Gasteiger partial charge in [0.15, 0.2) is 0 Å². The van der Waals surface area contributed by atoms with Gasteiger partial charge >= 0.3 is 0 Å². The Morgan fingerprint density at radius 1 is 1.11 bits per heavy atom. The van der Waals surface area contributed by atoms with Gasteiger partial charge in [0.2, 0.25) is 0 Å². The minimum Gasteiger partial charge on any atom is -0.330 e. The molecule has 1 aliphatic carbocycles. The Balaban J connectivity index is 1.74. The van der Waals surface area contributed by atoms with Crippen molar-refractivity contribution in [1.29, 1.82) is 0 Å². The highest BCUT2D eigenvalue weighted by atomic mass is 32.2. The van der Waals surface area contributed by atoms with Crippen LogP contribution in [0.3, 0.4) is 0 Å². The molecule has 0 unspecified atom stereocenters. The first kappa shape index (κ1) is 12.7. The van der Waals surface area contributed by atoms with E-state index < -0.39 is 0 Å². The Hall–Kier alpha value is -1.32. The second-order valence-corrected chi connectivity index (χ2v) is 6.02. The molecule has 0 bridgehead atoms. The number of hydrogen-bond acceptors (Lipinski definition) is 3. The van der Waals surface area contributed by atoms with Gasteiger partial charge in [-0.25, -0.2) is 4.98 Å². The first-order chi connectivity index (χ1) is 9.35. The van der Waals surface area contributed by atoms with Crippen LogP contribution in [0, 0.1) is 0 Å². The van der Waals surface area contributed by atoms with E-state index in [9.17, 15) is 0 Å². The maximum absolute atomic E-state index is 5.54. The molecule has 3 rings (SSSR count). The molecule has 1 aromatic carbocycles. The Kier molecular flexibility index (Phi) is 3.85. The molecule has 1 aromatic heterocycles. The van der Waals surface area contributed by atoms with Gasteiger partial charge in [0.05, 0.1) is 0 Å². The molecule has 0 saturated carbocycles. The Bertz CT molecular complexity index is 563. The summed E-state index contributed by atoms with van der Waals surface area (Å²) in [5, 5.41) is 1.05. The first-order valence-corrected chi connectivity index (χ1v) is 7.61. The van der Waals surface area contributed by atoms with Gasteiger partial charge in [0.1, 0.15) is 5.03 Å². The molecule has 1 aliphatic rings. The lowest BCUT2D eigenvalue weighted by atomic mass is 10.1. The smallest absolute Gasteiger partial charge is 0.101 e. The number of aromatic nitrogens is 1. The quantitative estimate of drug-likeness (QED) is 0.927. The third-order valence-corrected chi connectivity index (χ3v) is 4.46. The van der Waals surface area contributed by atoms with Crippen molar-refractivity contribution in [1.82, 2.24) is 4.98 Å². The summed E-state index contributed by atoms with van der Waals surface area (Å²) in [5.41, 5.74) is 9.79. The van der Waals surface area contributed by atoms with Gasteiger partial charge in [-0.2, -0.15) is 0 Å². The summed E-state index contributed by atoms with van der Waals surface area (Å²) in [6.07, 6.45) is 6.60. The van der Waals surface area contributed by atoms with Crippen molar-refractivity contribution >= 4 is 11.8 Å².